The maximum absolute atomic E-state index is 12.3. The Labute approximate surface area is 115 Å². The number of nitrogens with zero attached hydrogens (tertiary/aromatic N) is 1. The predicted octanol–water partition coefficient (Wildman–Crippen LogP) is 1.95. The van der Waals surface area contributed by atoms with E-state index in [1.807, 2.05) is 7.05 Å². The van der Waals surface area contributed by atoms with Gasteiger partial charge in [-0.25, -0.2) is 0 Å². The quantitative estimate of drug-likeness (QED) is 0.619. The summed E-state index contributed by atoms with van der Waals surface area (Å²) in [5.74, 6) is -0.300. The second-order valence-corrected chi connectivity index (χ2v) is 6.25. The van der Waals surface area contributed by atoms with E-state index in [0.29, 0.717) is 6.42 Å². The van der Waals surface area contributed by atoms with Crippen LogP contribution >= 0.6 is 0 Å². The first-order chi connectivity index (χ1) is 9.19. The highest BCUT2D eigenvalue weighted by atomic mass is 32.2. The molecule has 0 fully saturated rings. The molecule has 1 aromatic rings. The van der Waals surface area contributed by atoms with Crippen LogP contribution in [0.25, 0.3) is 0 Å². The molecule has 20 heavy (non-hydrogen) atoms. The Balaban J connectivity index is 2.25. The predicted molar refractivity (Wildman–Crippen MR) is 66.9 cm³/mol. The van der Waals surface area contributed by atoms with Crippen molar-refractivity contribution < 1.29 is 25.8 Å². The van der Waals surface area contributed by atoms with Gasteiger partial charge in [0.05, 0.1) is 0 Å². The van der Waals surface area contributed by atoms with Crippen LogP contribution in [0.5, 0.6) is 5.75 Å². The molecule has 1 aromatic carbocycles. The minimum absolute atomic E-state index is 0.300. The molecule has 2 rings (SSSR count). The zero-order chi connectivity index (χ0) is 15.0. The van der Waals surface area contributed by atoms with Gasteiger partial charge in [0.1, 0.15) is 5.75 Å². The Kier molecular flexibility index (Phi) is 3.97. The number of rotatable bonds is 2. The fourth-order valence-corrected chi connectivity index (χ4v) is 2.49. The van der Waals surface area contributed by atoms with Crippen molar-refractivity contribution in [3.63, 3.8) is 0 Å². The first kappa shape index (κ1) is 15.1. The molecule has 1 aliphatic rings. The summed E-state index contributed by atoms with van der Waals surface area (Å²) in [6.07, 6.45) is 1.42. The Bertz CT molecular complexity index is 598. The molecule has 0 aromatic heterocycles. The molecule has 0 aliphatic carbocycles. The van der Waals surface area contributed by atoms with Crippen molar-refractivity contribution in [1.29, 1.82) is 0 Å². The second kappa shape index (κ2) is 5.25. The van der Waals surface area contributed by atoms with E-state index in [1.165, 1.54) is 12.1 Å². The van der Waals surface area contributed by atoms with Gasteiger partial charge in [0.15, 0.2) is 0 Å². The van der Waals surface area contributed by atoms with Crippen LogP contribution in [0.4, 0.5) is 13.2 Å². The van der Waals surface area contributed by atoms with Gasteiger partial charge in [-0.05, 0) is 43.1 Å². The molecule has 4 nitrogen and oxygen atoms in total. The smallest absolute Gasteiger partial charge is 0.376 e. The Morgan fingerprint density at radius 3 is 2.35 bits per heavy atom. The highest BCUT2D eigenvalue weighted by Crippen LogP contribution is 2.28. The van der Waals surface area contributed by atoms with E-state index in [2.05, 4.69) is 9.08 Å². The minimum atomic E-state index is -5.61. The lowest BCUT2D eigenvalue weighted by molar-refractivity contribution is -0.0500. The van der Waals surface area contributed by atoms with Crippen molar-refractivity contribution in [2.24, 2.45) is 0 Å². The number of fused-ring (bicyclic) bond motifs is 1. The van der Waals surface area contributed by atoms with E-state index in [1.54, 1.807) is 6.07 Å². The second-order valence-electron chi connectivity index (χ2n) is 4.72. The van der Waals surface area contributed by atoms with Gasteiger partial charge in [-0.15, -0.1) is 0 Å². The summed E-state index contributed by atoms with van der Waals surface area (Å²) in [5, 5.41) is 0. The lowest BCUT2D eigenvalue weighted by atomic mass is 10.0. The minimum Gasteiger partial charge on any atom is -0.376 e. The summed E-state index contributed by atoms with van der Waals surface area (Å²) in [6.45, 7) is 1.62. The molecular weight excluding hydrogens is 295 g/mol. The van der Waals surface area contributed by atoms with Crippen LogP contribution in [-0.4, -0.2) is 39.0 Å². The normalized spacial score (nSPS) is 17.4. The molecular formula is C12H14F3NO3S. The molecule has 0 saturated heterocycles. The number of likely N-dealkylation sites (N-methyl/N-ethyl adjacent to an activating group) is 1. The third-order valence-electron chi connectivity index (χ3n) is 3.19. The third kappa shape index (κ3) is 3.24. The molecule has 0 N–H and O–H groups in total. The lowest BCUT2D eigenvalue weighted by Gasteiger charge is -2.11. The molecule has 0 radical (unpaired) electrons. The summed E-state index contributed by atoms with van der Waals surface area (Å²) < 4.78 is 62.8. The van der Waals surface area contributed by atoms with Crippen molar-refractivity contribution in [1.82, 2.24) is 4.90 Å². The first-order valence-corrected chi connectivity index (χ1v) is 7.41. The average Bonchev–Trinajstić information content (AvgIpc) is 2.50. The van der Waals surface area contributed by atoms with Crippen LogP contribution in [0, 0.1) is 0 Å². The molecule has 0 spiro atoms. The average molecular weight is 309 g/mol. The molecule has 0 amide bonds. The van der Waals surface area contributed by atoms with Crippen molar-refractivity contribution >= 4 is 10.1 Å². The third-order valence-corrected chi connectivity index (χ3v) is 4.17. The van der Waals surface area contributed by atoms with Crippen molar-refractivity contribution in [2.75, 3.05) is 20.1 Å². The molecule has 1 heterocycles. The van der Waals surface area contributed by atoms with Gasteiger partial charge in [-0.2, -0.15) is 21.6 Å². The summed E-state index contributed by atoms with van der Waals surface area (Å²) in [6, 6.07) is 4.25. The van der Waals surface area contributed by atoms with Gasteiger partial charge >= 0.3 is 15.6 Å². The van der Waals surface area contributed by atoms with E-state index in [4.69, 9.17) is 0 Å². The van der Waals surface area contributed by atoms with Gasteiger partial charge < -0.3 is 9.08 Å². The summed E-state index contributed by atoms with van der Waals surface area (Å²) in [7, 11) is -3.65. The summed E-state index contributed by atoms with van der Waals surface area (Å²) in [4.78, 5) is 2.10. The van der Waals surface area contributed by atoms with Crippen LogP contribution in [-0.2, 0) is 23.0 Å². The number of hydrogen-bond acceptors (Lipinski definition) is 4. The molecule has 112 valence electrons. The molecule has 8 heteroatoms. The van der Waals surface area contributed by atoms with Gasteiger partial charge in [-0.3, -0.25) is 0 Å². The van der Waals surface area contributed by atoms with Crippen molar-refractivity contribution in [3.8, 4) is 5.75 Å². The van der Waals surface area contributed by atoms with Crippen molar-refractivity contribution in [2.45, 2.75) is 18.3 Å². The molecule has 0 saturated carbocycles. The monoisotopic (exact) mass is 309 g/mol. The SMILES string of the molecule is CN1CCc2ccc(OS(=O)(=O)C(F)(F)F)cc2CC1. The number of alkyl halides is 3. The highest BCUT2D eigenvalue weighted by Gasteiger charge is 2.48. The Hall–Kier alpha value is -1.28. The fourth-order valence-electron chi connectivity index (χ4n) is 2.04. The Morgan fingerprint density at radius 1 is 1.15 bits per heavy atom. The van der Waals surface area contributed by atoms with Crippen LogP contribution in [0.3, 0.4) is 0 Å². The fraction of sp³-hybridized carbons (Fsp3) is 0.500. The van der Waals surface area contributed by atoms with E-state index < -0.39 is 15.6 Å². The number of benzene rings is 1. The summed E-state index contributed by atoms with van der Waals surface area (Å²) >= 11 is 0. The molecule has 0 unspecified atom stereocenters. The number of halogens is 3. The standard InChI is InChI=1S/C12H14F3NO3S/c1-16-6-4-9-2-3-11(8-10(9)5-7-16)19-20(17,18)12(13,14)15/h2-3,8H,4-7H2,1H3. The number of hydrogen-bond donors (Lipinski definition) is 0. The summed E-state index contributed by atoms with van der Waals surface area (Å²) in [5.41, 5.74) is -3.59. The van der Waals surface area contributed by atoms with Gasteiger partial charge in [-0.1, -0.05) is 6.07 Å². The van der Waals surface area contributed by atoms with Gasteiger partial charge in [0.2, 0.25) is 0 Å². The topological polar surface area (TPSA) is 46.6 Å². The zero-order valence-electron chi connectivity index (χ0n) is 10.8. The van der Waals surface area contributed by atoms with Crippen LogP contribution in [0.1, 0.15) is 11.1 Å². The maximum Gasteiger partial charge on any atom is 0.534 e. The van der Waals surface area contributed by atoms with E-state index in [0.717, 1.165) is 30.6 Å². The van der Waals surface area contributed by atoms with Crippen LogP contribution < -0.4 is 4.18 Å². The maximum atomic E-state index is 12.3. The largest absolute Gasteiger partial charge is 0.534 e. The lowest BCUT2D eigenvalue weighted by Crippen LogP contribution is -2.28. The van der Waals surface area contributed by atoms with Crippen LogP contribution in [0.15, 0.2) is 18.2 Å². The molecule has 0 bridgehead atoms. The van der Waals surface area contributed by atoms with E-state index >= 15 is 0 Å². The van der Waals surface area contributed by atoms with E-state index in [9.17, 15) is 21.6 Å². The zero-order valence-corrected chi connectivity index (χ0v) is 11.6. The molecule has 0 atom stereocenters. The molecule has 1 aliphatic heterocycles. The van der Waals surface area contributed by atoms with Gasteiger partial charge in [0, 0.05) is 13.1 Å². The van der Waals surface area contributed by atoms with Gasteiger partial charge in [0.25, 0.3) is 0 Å². The van der Waals surface area contributed by atoms with Crippen LogP contribution in [0.2, 0.25) is 0 Å². The highest BCUT2D eigenvalue weighted by molar-refractivity contribution is 7.87. The Morgan fingerprint density at radius 2 is 1.75 bits per heavy atom. The first-order valence-electron chi connectivity index (χ1n) is 6.00. The van der Waals surface area contributed by atoms with E-state index in [-0.39, 0.29) is 5.75 Å². The van der Waals surface area contributed by atoms with Crippen molar-refractivity contribution in [3.05, 3.63) is 29.3 Å².